The molecule has 0 unspecified atom stereocenters. The Bertz CT molecular complexity index is 1580. The van der Waals surface area contributed by atoms with Crippen LogP contribution in [0.1, 0.15) is 34.1 Å². The van der Waals surface area contributed by atoms with Crippen LogP contribution >= 0.6 is 0 Å². The van der Waals surface area contributed by atoms with Crippen LogP contribution in [0.5, 0.6) is 0 Å². The minimum absolute atomic E-state index is 0.233. The summed E-state index contributed by atoms with van der Waals surface area (Å²) in [6, 6.07) is 23.4. The first-order chi connectivity index (χ1) is 16.5. The molecule has 0 saturated carbocycles. The van der Waals surface area contributed by atoms with Gasteiger partial charge in [-0.25, -0.2) is 0 Å². The lowest BCUT2D eigenvalue weighted by Gasteiger charge is -2.11. The van der Waals surface area contributed by atoms with Crippen LogP contribution in [0.25, 0.3) is 27.5 Å². The van der Waals surface area contributed by atoms with Gasteiger partial charge in [0.25, 0.3) is 11.5 Å². The molecule has 0 aliphatic heterocycles. The zero-order valence-electron chi connectivity index (χ0n) is 19.5. The second-order valence-electron chi connectivity index (χ2n) is 8.55. The van der Waals surface area contributed by atoms with Gasteiger partial charge in [0.1, 0.15) is 5.52 Å². The number of nitrogens with one attached hydrogen (secondary N) is 1. The van der Waals surface area contributed by atoms with Crippen molar-refractivity contribution in [3.63, 3.8) is 0 Å². The number of para-hydroxylation sites is 1. The van der Waals surface area contributed by atoms with Gasteiger partial charge in [0.05, 0.1) is 5.69 Å². The van der Waals surface area contributed by atoms with Crippen molar-refractivity contribution in [2.24, 2.45) is 7.05 Å². The minimum Gasteiger partial charge on any atom is -0.347 e. The topological polar surface area (TPSA) is 68.9 Å². The summed E-state index contributed by atoms with van der Waals surface area (Å²) in [7, 11) is 1.85. The number of hydrogen-bond acceptors (Lipinski definition) is 3. The lowest BCUT2D eigenvalue weighted by atomic mass is 10.1. The van der Waals surface area contributed by atoms with Gasteiger partial charge < -0.3 is 9.88 Å². The highest BCUT2D eigenvalue weighted by atomic mass is 16.2. The molecule has 5 aromatic rings. The Labute approximate surface area is 197 Å². The maximum absolute atomic E-state index is 13.6. The summed E-state index contributed by atoms with van der Waals surface area (Å²) in [6.45, 7) is 4.47. The largest absolute Gasteiger partial charge is 0.347 e. The number of benzene rings is 3. The Balaban J connectivity index is 1.66. The van der Waals surface area contributed by atoms with Gasteiger partial charge in [0.15, 0.2) is 5.69 Å². The van der Waals surface area contributed by atoms with E-state index in [1.54, 1.807) is 0 Å². The highest BCUT2D eigenvalue weighted by Crippen LogP contribution is 2.28. The van der Waals surface area contributed by atoms with Crippen molar-refractivity contribution in [3.8, 4) is 5.69 Å². The molecule has 1 N–H and O–H groups in total. The van der Waals surface area contributed by atoms with Crippen LogP contribution in [-0.4, -0.2) is 20.3 Å². The fourth-order valence-corrected chi connectivity index (χ4v) is 4.36. The van der Waals surface area contributed by atoms with E-state index in [0.717, 1.165) is 28.5 Å². The molecular weight excluding hydrogens is 424 g/mol. The van der Waals surface area contributed by atoms with Crippen LogP contribution in [0.3, 0.4) is 0 Å². The fourth-order valence-electron chi connectivity index (χ4n) is 4.36. The number of carbonyl (C=O) groups excluding carboxylic acids is 1. The zero-order valence-corrected chi connectivity index (χ0v) is 19.5. The third kappa shape index (κ3) is 3.67. The third-order valence-electron chi connectivity index (χ3n) is 6.32. The quantitative estimate of drug-likeness (QED) is 0.423. The van der Waals surface area contributed by atoms with E-state index in [9.17, 15) is 9.59 Å². The van der Waals surface area contributed by atoms with Gasteiger partial charge in [-0.1, -0.05) is 67.1 Å². The standard InChI is InChI=1S/C28H26N4O2/c1-4-19-11-13-20(14-12-19)17-29-27(33)25-24-22-7-5-6-8-23(22)31(3)26(24)28(34)32(30-25)21-15-9-18(2)10-16-21/h5-16H,4,17H2,1-3H3,(H,29,33). The van der Waals surface area contributed by atoms with Crippen LogP contribution in [0.4, 0.5) is 0 Å². The first-order valence-corrected chi connectivity index (χ1v) is 11.4. The number of aryl methyl sites for hydroxylation is 3. The molecule has 6 nitrogen and oxygen atoms in total. The summed E-state index contributed by atoms with van der Waals surface area (Å²) in [4.78, 5) is 27.0. The molecule has 0 fully saturated rings. The number of nitrogens with zero attached hydrogens (tertiary/aromatic N) is 3. The Morgan fingerprint density at radius 3 is 2.32 bits per heavy atom. The van der Waals surface area contributed by atoms with Gasteiger partial charge in [-0.15, -0.1) is 0 Å². The van der Waals surface area contributed by atoms with Gasteiger partial charge in [-0.3, -0.25) is 9.59 Å². The predicted molar refractivity (Wildman–Crippen MR) is 136 cm³/mol. The highest BCUT2D eigenvalue weighted by molar-refractivity contribution is 6.16. The molecule has 0 atom stereocenters. The van der Waals surface area contributed by atoms with Crippen LogP contribution in [0.15, 0.2) is 77.6 Å². The smallest absolute Gasteiger partial charge is 0.296 e. The average molecular weight is 451 g/mol. The van der Waals surface area contributed by atoms with Gasteiger partial charge >= 0.3 is 0 Å². The number of aromatic nitrogens is 3. The summed E-state index contributed by atoms with van der Waals surface area (Å²) in [5, 5.41) is 8.99. The van der Waals surface area contributed by atoms with Crippen molar-refractivity contribution in [2.45, 2.75) is 26.8 Å². The first-order valence-electron chi connectivity index (χ1n) is 11.4. The molecule has 3 aromatic carbocycles. The number of fused-ring (bicyclic) bond motifs is 3. The van der Waals surface area contributed by atoms with Crippen LogP contribution in [0, 0.1) is 6.92 Å². The second kappa shape index (κ2) is 8.63. The summed E-state index contributed by atoms with van der Waals surface area (Å²) in [6.07, 6.45) is 0.968. The van der Waals surface area contributed by atoms with E-state index in [0.29, 0.717) is 23.1 Å². The van der Waals surface area contributed by atoms with E-state index in [4.69, 9.17) is 0 Å². The summed E-state index contributed by atoms with van der Waals surface area (Å²) in [5.41, 5.74) is 5.25. The molecule has 34 heavy (non-hydrogen) atoms. The monoisotopic (exact) mass is 450 g/mol. The van der Waals surface area contributed by atoms with E-state index in [1.165, 1.54) is 10.2 Å². The van der Waals surface area contributed by atoms with Gasteiger partial charge in [0.2, 0.25) is 0 Å². The molecule has 2 heterocycles. The molecule has 1 amide bonds. The van der Waals surface area contributed by atoms with Crippen molar-refractivity contribution in [2.75, 3.05) is 0 Å². The normalized spacial score (nSPS) is 11.3. The molecule has 170 valence electrons. The van der Waals surface area contributed by atoms with Crippen molar-refractivity contribution in [3.05, 3.63) is 106 Å². The third-order valence-corrected chi connectivity index (χ3v) is 6.32. The summed E-state index contributed by atoms with van der Waals surface area (Å²) >= 11 is 0. The highest BCUT2D eigenvalue weighted by Gasteiger charge is 2.23. The number of amides is 1. The molecule has 0 radical (unpaired) electrons. The maximum atomic E-state index is 13.6. The molecular formula is C28H26N4O2. The van der Waals surface area contributed by atoms with E-state index in [-0.39, 0.29) is 17.2 Å². The van der Waals surface area contributed by atoms with E-state index in [1.807, 2.05) is 79.2 Å². The molecule has 5 rings (SSSR count). The molecule has 0 saturated heterocycles. The van der Waals surface area contributed by atoms with Crippen molar-refractivity contribution in [1.82, 2.24) is 19.7 Å². The summed E-state index contributed by atoms with van der Waals surface area (Å²) in [5.74, 6) is -0.318. The lowest BCUT2D eigenvalue weighted by molar-refractivity contribution is 0.0946. The zero-order chi connectivity index (χ0) is 23.8. The summed E-state index contributed by atoms with van der Waals surface area (Å²) < 4.78 is 3.17. The van der Waals surface area contributed by atoms with Gasteiger partial charge in [-0.05, 0) is 42.7 Å². The van der Waals surface area contributed by atoms with Crippen LogP contribution in [-0.2, 0) is 20.0 Å². The molecule has 2 aromatic heterocycles. The number of carbonyl (C=O) groups is 1. The van der Waals surface area contributed by atoms with Gasteiger partial charge in [-0.2, -0.15) is 9.78 Å². The van der Waals surface area contributed by atoms with Crippen molar-refractivity contribution < 1.29 is 4.79 Å². The second-order valence-corrected chi connectivity index (χ2v) is 8.55. The van der Waals surface area contributed by atoms with Crippen LogP contribution in [0.2, 0.25) is 0 Å². The average Bonchev–Trinajstić information content (AvgIpc) is 3.17. The minimum atomic E-state index is -0.318. The van der Waals surface area contributed by atoms with E-state index < -0.39 is 0 Å². The van der Waals surface area contributed by atoms with Crippen molar-refractivity contribution >= 4 is 27.7 Å². The SMILES string of the molecule is CCc1ccc(CNC(=O)c2nn(-c3ccc(C)cc3)c(=O)c3c2c2ccccc2n3C)cc1. The molecule has 0 bridgehead atoms. The lowest BCUT2D eigenvalue weighted by Crippen LogP contribution is -2.30. The Morgan fingerprint density at radius 2 is 1.62 bits per heavy atom. The fraction of sp³-hybridized carbons (Fsp3) is 0.179. The molecule has 0 aliphatic rings. The van der Waals surface area contributed by atoms with Gasteiger partial charge in [0, 0.05) is 29.9 Å². The first kappa shape index (κ1) is 21.6. The van der Waals surface area contributed by atoms with E-state index in [2.05, 4.69) is 29.5 Å². The Morgan fingerprint density at radius 1 is 0.941 bits per heavy atom. The van der Waals surface area contributed by atoms with Crippen LogP contribution < -0.4 is 10.9 Å². The van der Waals surface area contributed by atoms with E-state index >= 15 is 0 Å². The maximum Gasteiger partial charge on any atom is 0.296 e. The predicted octanol–water partition coefficient (Wildman–Crippen LogP) is 4.68. The Hall–Kier alpha value is -4.19. The van der Waals surface area contributed by atoms with Crippen molar-refractivity contribution in [1.29, 1.82) is 0 Å². The molecule has 0 spiro atoms. The number of hydrogen-bond donors (Lipinski definition) is 1. The molecule has 6 heteroatoms. The molecule has 0 aliphatic carbocycles. The Kier molecular flexibility index (Phi) is 5.49. The number of rotatable bonds is 5.